The molecule has 130 heavy (non-hydrogen) atoms. The van der Waals surface area contributed by atoms with Crippen molar-refractivity contribution in [2.75, 3.05) is 13.1 Å². The molecule has 0 bridgehead atoms. The van der Waals surface area contributed by atoms with Crippen molar-refractivity contribution in [3.8, 4) is 0 Å². The molecule has 0 fully saturated rings. The molecule has 2 aromatic carbocycles. The Morgan fingerprint density at radius 3 is 1.08 bits per heavy atom. The second-order valence-corrected chi connectivity index (χ2v) is 33.7. The summed E-state index contributed by atoms with van der Waals surface area (Å²) in [5.41, 5.74) is 18.3. The van der Waals surface area contributed by atoms with Crippen molar-refractivity contribution < 1.29 is 112 Å². The van der Waals surface area contributed by atoms with Crippen LogP contribution in [0.25, 0.3) is 0 Å². The summed E-state index contributed by atoms with van der Waals surface area (Å²) in [5, 5.41) is 88.0. The maximum atomic E-state index is 14.5. The Labute approximate surface area is 758 Å². The van der Waals surface area contributed by atoms with E-state index in [1.165, 1.54) is 20.8 Å². The van der Waals surface area contributed by atoms with E-state index in [0.717, 1.165) is 24.5 Å². The molecule has 2 rings (SSSR count). The topological polar surface area (TPSA) is 700 Å². The van der Waals surface area contributed by atoms with Crippen molar-refractivity contribution in [3.63, 3.8) is 0 Å². The van der Waals surface area contributed by atoms with Crippen LogP contribution in [0.2, 0.25) is 0 Å². The first-order valence-electron chi connectivity index (χ1n) is 44.2. The lowest BCUT2D eigenvalue weighted by Crippen LogP contribution is -2.61. The van der Waals surface area contributed by atoms with Gasteiger partial charge in [0.15, 0.2) is 5.96 Å². The summed E-state index contributed by atoms with van der Waals surface area (Å²) in [6.45, 7) is 20.4. The van der Waals surface area contributed by atoms with E-state index in [4.69, 9.17) is 22.6 Å². The number of amides is 15. The van der Waals surface area contributed by atoms with E-state index in [-0.39, 0.29) is 101 Å². The van der Waals surface area contributed by atoms with Crippen LogP contribution < -0.4 is 102 Å². The van der Waals surface area contributed by atoms with E-state index in [2.05, 4.69) is 85.1 Å². The molecule has 27 N–H and O–H groups in total. The molecular weight excluding hydrogens is 1690 g/mol. The molecule has 15 amide bonds. The highest BCUT2D eigenvalue weighted by Crippen LogP contribution is 2.17. The van der Waals surface area contributed by atoms with Gasteiger partial charge in [-0.1, -0.05) is 142 Å². The summed E-state index contributed by atoms with van der Waals surface area (Å²) >= 11 is 0. The summed E-state index contributed by atoms with van der Waals surface area (Å²) in [6, 6.07) is -4.03. The highest BCUT2D eigenvalue weighted by molar-refractivity contribution is 6.01. The number of carboxylic acid groups (broad SMARTS) is 4. The lowest BCUT2D eigenvalue weighted by Gasteiger charge is -2.29. The Kier molecular flexibility index (Phi) is 52.8. The van der Waals surface area contributed by atoms with Gasteiger partial charge < -0.3 is 123 Å². The molecule has 726 valence electrons. The number of rotatable bonds is 65. The van der Waals surface area contributed by atoms with Crippen molar-refractivity contribution in [2.45, 2.75) is 315 Å². The number of nitrogens with one attached hydrogen (secondary N) is 17. The summed E-state index contributed by atoms with van der Waals surface area (Å²) in [5.74, 6) is -22.0. The van der Waals surface area contributed by atoms with E-state index in [1.54, 1.807) is 95.3 Å². The molecular formula is C87H140N20O23. The van der Waals surface area contributed by atoms with Gasteiger partial charge in [0, 0.05) is 51.2 Å². The predicted molar refractivity (Wildman–Crippen MR) is 477 cm³/mol. The molecule has 0 saturated heterocycles. The normalized spacial score (nSPS) is 14.9. The van der Waals surface area contributed by atoms with Gasteiger partial charge in [-0.3, -0.25) is 96.5 Å². The third-order valence-corrected chi connectivity index (χ3v) is 21.1. The van der Waals surface area contributed by atoms with Crippen molar-refractivity contribution in [1.29, 1.82) is 5.41 Å². The van der Waals surface area contributed by atoms with Gasteiger partial charge in [0.25, 0.3) is 0 Å². The van der Waals surface area contributed by atoms with Crippen molar-refractivity contribution in [1.82, 2.24) is 85.1 Å². The Morgan fingerprint density at radius 2 is 0.692 bits per heavy atom. The molecule has 0 unspecified atom stereocenters. The third-order valence-electron chi connectivity index (χ3n) is 21.1. The molecule has 0 aliphatic heterocycles. The van der Waals surface area contributed by atoms with Crippen molar-refractivity contribution in [2.24, 2.45) is 40.9 Å². The number of hydrogen-bond acceptors (Lipinski definition) is 22. The van der Waals surface area contributed by atoms with Crippen LogP contribution in [0, 0.1) is 29.1 Å². The van der Waals surface area contributed by atoms with Crippen LogP contribution in [0.3, 0.4) is 0 Å². The molecule has 0 aliphatic rings. The fourth-order valence-corrected chi connectivity index (χ4v) is 13.3. The van der Waals surface area contributed by atoms with Crippen molar-refractivity contribution >= 4 is 118 Å². The summed E-state index contributed by atoms with van der Waals surface area (Å²) < 4.78 is 0. The third kappa shape index (κ3) is 45.5. The number of carbonyl (C=O) groups excluding carboxylic acids is 15. The first-order chi connectivity index (χ1) is 61.2. The van der Waals surface area contributed by atoms with E-state index < -0.39 is 267 Å². The molecule has 2 aromatic rings. The number of aliphatic carboxylic acids is 4. The highest BCUT2D eigenvalue weighted by Gasteiger charge is 2.39. The van der Waals surface area contributed by atoms with Crippen LogP contribution in [0.5, 0.6) is 0 Å². The summed E-state index contributed by atoms with van der Waals surface area (Å²) in [7, 11) is 0. The number of nitrogens with two attached hydrogens (primary N) is 3. The molecule has 0 radical (unpaired) electrons. The van der Waals surface area contributed by atoms with Gasteiger partial charge in [-0.25, -0.2) is 0 Å². The van der Waals surface area contributed by atoms with E-state index in [0.29, 0.717) is 12.8 Å². The fraction of sp³-hybridized carbons (Fsp3) is 0.632. The fourth-order valence-electron chi connectivity index (χ4n) is 13.3. The number of carboxylic acids is 4. The molecule has 0 aliphatic carbocycles. The number of unbranched alkanes of at least 4 members (excludes halogenated alkanes) is 2. The Hall–Kier alpha value is -12.4. The molecule has 16 atom stereocenters. The zero-order valence-electron chi connectivity index (χ0n) is 76.5. The molecule has 43 nitrogen and oxygen atoms in total. The van der Waals surface area contributed by atoms with Crippen LogP contribution in [-0.2, 0) is 104 Å². The van der Waals surface area contributed by atoms with Gasteiger partial charge in [0.1, 0.15) is 78.5 Å². The molecule has 43 heteroatoms. The molecule has 0 saturated carbocycles. The minimum atomic E-state index is -1.98. The highest BCUT2D eigenvalue weighted by atomic mass is 16.4. The Balaban J connectivity index is 2.50. The number of guanidine groups is 1. The van der Waals surface area contributed by atoms with Gasteiger partial charge in [-0.2, -0.15) is 0 Å². The maximum absolute atomic E-state index is 14.5. The van der Waals surface area contributed by atoms with Crippen LogP contribution in [0.1, 0.15) is 223 Å². The molecule has 0 heterocycles. The SMILES string of the molecule is CCCC[C@H](NC(=O)[C@H](CCC(N)=O)NC(=O)[C@H](CCCCN)NC(=O)[C@@H](C)NC(=O)[C@H](CC(C)C)NC(=O)[C@H](CC(=O)O)NCc1ccccc1)C(=O)N[C@@H](CCC(=O)O)C(=O)N[C@@H](CCC(=O)O)C(=O)N[C@@H](CCC(=O)O)C(=O)N[C@@H](C)C(=O)N[C@H](C(=O)N[C@H](CCCNC(=N)N)C(=O)N[C@@H](CC(C)C)C(=O)N[C@@H](Cc1ccccc1)C(=O)N[C@H](C)[C@@H](C)CC)C(C)C. The van der Waals surface area contributed by atoms with Gasteiger partial charge in [-0.15, -0.1) is 0 Å². The Bertz CT molecular complexity index is 4090. The quantitative estimate of drug-likeness (QED) is 0.0213. The predicted octanol–water partition coefficient (Wildman–Crippen LogP) is -1.05. The zero-order chi connectivity index (χ0) is 98.0. The van der Waals surface area contributed by atoms with Gasteiger partial charge >= 0.3 is 23.9 Å². The van der Waals surface area contributed by atoms with Crippen LogP contribution >= 0.6 is 0 Å². The average molecular weight is 1830 g/mol. The summed E-state index contributed by atoms with van der Waals surface area (Å²) in [4.78, 5) is 260. The number of carbonyl (C=O) groups is 19. The van der Waals surface area contributed by atoms with E-state index in [9.17, 15) is 112 Å². The van der Waals surface area contributed by atoms with Crippen molar-refractivity contribution in [3.05, 3.63) is 71.8 Å². The monoisotopic (exact) mass is 1830 g/mol. The maximum Gasteiger partial charge on any atom is 0.305 e. The number of primary amides is 1. The zero-order valence-corrected chi connectivity index (χ0v) is 76.5. The minimum absolute atomic E-state index is 0.0357. The average Bonchev–Trinajstić information content (AvgIpc) is 0.854. The molecule has 0 aromatic heterocycles. The van der Waals surface area contributed by atoms with Gasteiger partial charge in [-0.05, 0) is 139 Å². The second kappa shape index (κ2) is 60.4. The van der Waals surface area contributed by atoms with Gasteiger partial charge in [0.05, 0.1) is 12.5 Å². The smallest absolute Gasteiger partial charge is 0.305 e. The number of benzene rings is 2. The lowest BCUT2D eigenvalue weighted by atomic mass is 9.98. The van der Waals surface area contributed by atoms with E-state index in [1.807, 2.05) is 20.8 Å². The molecule has 0 spiro atoms. The standard InChI is InChI=1S/C87H140N20O23/c1-13-15-29-56(98-79(123)59(32-36-67(89)108)99-77(121)57(30-22-23-40-88)97-73(117)52(11)96-83(127)64(42-47(3)4)105-82(126)63(45-71(115)116)93-46-55-27-20-17-21-28-55)76(120)101-61(34-38-69(111)112)81(125)102-62(35-39-70(113)114)80(124)100-60(33-37-68(109)110)75(119)95-53(12)74(118)107-72(49(7)8)86(130)103-58(31-24-41-92-87(90)91)78(122)104-65(43-48(5)6)85(129)106-66(44-54-25-18-16-19-26-54)84(128)94-51(10)50(9)14-2/h16-21,25-28,47-53,56-66,72,93H,13-15,22-24,29-46,88H2,1-12H3,(H2,89,108)(H,94,128)(H,95,119)(H,96,127)(H,97,117)(H,98,123)(H,99,121)(H,100,124)(H,101,120)(H,102,125)(H,103,130)(H,104,122)(H,105,126)(H,106,129)(H,107,118)(H,109,110)(H,111,112)(H,113,114)(H,115,116)(H4,90,91,92)/t50-,51+,52+,53-,56-,57-,58+,59-,60-,61-,62-,63-,64-,65-,66-,72-/m0/s1. The minimum Gasteiger partial charge on any atom is -0.481 e. The van der Waals surface area contributed by atoms with Crippen LogP contribution in [0.15, 0.2) is 60.7 Å². The first-order valence-corrected chi connectivity index (χ1v) is 44.2. The van der Waals surface area contributed by atoms with Crippen LogP contribution in [-0.4, -0.2) is 243 Å². The van der Waals surface area contributed by atoms with E-state index >= 15 is 0 Å². The Morgan fingerprint density at radius 1 is 0.354 bits per heavy atom. The largest absolute Gasteiger partial charge is 0.481 e. The second-order valence-electron chi connectivity index (χ2n) is 33.7. The first kappa shape index (κ1) is 114. The summed E-state index contributed by atoms with van der Waals surface area (Å²) in [6.07, 6.45) is -4.79. The number of hydrogen-bond donors (Lipinski definition) is 24. The van der Waals surface area contributed by atoms with Crippen LogP contribution in [0.4, 0.5) is 0 Å². The lowest BCUT2D eigenvalue weighted by molar-refractivity contribution is -0.140. The van der Waals surface area contributed by atoms with Gasteiger partial charge in [0.2, 0.25) is 88.6 Å².